The summed E-state index contributed by atoms with van der Waals surface area (Å²) in [7, 11) is 1.67. The summed E-state index contributed by atoms with van der Waals surface area (Å²) >= 11 is 1.65. The standard InChI is InChI=1S/C18H15N3O2S/c1-11(22)19-13-5-3-12(4-6-13)15-10-21-16-9-14(23-2)7-8-17(16)24-18(21)20-15/h3-10H,1-2H3,(H,19,22). The number of rotatable bonds is 3. The summed E-state index contributed by atoms with van der Waals surface area (Å²) in [6.45, 7) is 1.50. The summed E-state index contributed by atoms with van der Waals surface area (Å²) in [5.41, 5.74) is 3.78. The van der Waals surface area contributed by atoms with Gasteiger partial charge in [-0.1, -0.05) is 23.5 Å². The van der Waals surface area contributed by atoms with Crippen LogP contribution in [0.15, 0.2) is 48.7 Å². The molecule has 2 aromatic carbocycles. The molecule has 0 aliphatic rings. The predicted molar refractivity (Wildman–Crippen MR) is 96.9 cm³/mol. The molecule has 4 aromatic rings. The molecule has 0 aliphatic carbocycles. The van der Waals surface area contributed by atoms with Gasteiger partial charge in [-0.2, -0.15) is 0 Å². The summed E-state index contributed by atoms with van der Waals surface area (Å²) in [6, 6.07) is 13.7. The van der Waals surface area contributed by atoms with Crippen LogP contribution in [0, 0.1) is 0 Å². The highest BCUT2D eigenvalue weighted by Crippen LogP contribution is 2.31. The molecular weight excluding hydrogens is 322 g/mol. The number of hydrogen-bond donors (Lipinski definition) is 1. The third kappa shape index (κ3) is 2.51. The Labute approximate surface area is 142 Å². The van der Waals surface area contributed by atoms with Crippen LogP contribution in [0.2, 0.25) is 0 Å². The van der Waals surface area contributed by atoms with E-state index in [-0.39, 0.29) is 5.91 Å². The van der Waals surface area contributed by atoms with Gasteiger partial charge in [-0.3, -0.25) is 9.20 Å². The number of fused-ring (bicyclic) bond motifs is 3. The zero-order valence-corrected chi connectivity index (χ0v) is 14.1. The summed E-state index contributed by atoms with van der Waals surface area (Å²) in [6.07, 6.45) is 2.03. The van der Waals surface area contributed by atoms with E-state index in [1.165, 1.54) is 11.6 Å². The third-order valence-corrected chi connectivity index (χ3v) is 4.84. The zero-order chi connectivity index (χ0) is 16.7. The van der Waals surface area contributed by atoms with Crippen molar-refractivity contribution in [2.75, 3.05) is 12.4 Å². The van der Waals surface area contributed by atoms with Crippen LogP contribution in [0.25, 0.3) is 26.4 Å². The first-order chi connectivity index (χ1) is 11.6. The molecule has 0 saturated heterocycles. The number of nitrogens with one attached hydrogen (secondary N) is 1. The van der Waals surface area contributed by atoms with Crippen molar-refractivity contribution in [2.45, 2.75) is 6.92 Å². The van der Waals surface area contributed by atoms with E-state index >= 15 is 0 Å². The van der Waals surface area contributed by atoms with Crippen LogP contribution in [0.1, 0.15) is 6.92 Å². The van der Waals surface area contributed by atoms with Gasteiger partial charge in [0, 0.05) is 30.4 Å². The quantitative estimate of drug-likeness (QED) is 0.610. The van der Waals surface area contributed by atoms with Gasteiger partial charge in [-0.05, 0) is 24.3 Å². The lowest BCUT2D eigenvalue weighted by molar-refractivity contribution is -0.114. The molecule has 0 saturated carbocycles. The van der Waals surface area contributed by atoms with Crippen molar-refractivity contribution in [3.63, 3.8) is 0 Å². The van der Waals surface area contributed by atoms with Crippen LogP contribution in [-0.2, 0) is 4.79 Å². The van der Waals surface area contributed by atoms with E-state index in [1.54, 1.807) is 18.4 Å². The number of imidazole rings is 1. The Morgan fingerprint density at radius 3 is 2.71 bits per heavy atom. The molecular formula is C18H15N3O2S. The number of amides is 1. The van der Waals surface area contributed by atoms with Gasteiger partial charge in [0.2, 0.25) is 5.91 Å². The van der Waals surface area contributed by atoms with Crippen molar-refractivity contribution in [2.24, 2.45) is 0 Å². The SMILES string of the molecule is COc1ccc2sc3nc(-c4ccc(NC(C)=O)cc4)cn3c2c1. The molecule has 5 nitrogen and oxygen atoms in total. The van der Waals surface area contributed by atoms with Gasteiger partial charge in [0.1, 0.15) is 5.75 Å². The fourth-order valence-corrected chi connectivity index (χ4v) is 3.66. The number of anilines is 1. The molecule has 0 bridgehead atoms. The number of benzene rings is 2. The smallest absolute Gasteiger partial charge is 0.221 e. The first-order valence-corrected chi connectivity index (χ1v) is 8.29. The number of nitrogens with zero attached hydrogens (tertiary/aromatic N) is 2. The third-order valence-electron chi connectivity index (χ3n) is 3.80. The van der Waals surface area contributed by atoms with E-state index in [2.05, 4.69) is 15.8 Å². The van der Waals surface area contributed by atoms with Crippen molar-refractivity contribution in [3.8, 4) is 17.0 Å². The van der Waals surface area contributed by atoms with Crippen LogP contribution in [0.4, 0.5) is 5.69 Å². The Bertz CT molecular complexity index is 1050. The number of methoxy groups -OCH3 is 1. The highest BCUT2D eigenvalue weighted by Gasteiger charge is 2.11. The van der Waals surface area contributed by atoms with E-state index in [9.17, 15) is 4.79 Å². The molecule has 4 rings (SSSR count). The van der Waals surface area contributed by atoms with Gasteiger partial charge in [-0.15, -0.1) is 0 Å². The first-order valence-electron chi connectivity index (χ1n) is 7.48. The van der Waals surface area contributed by atoms with Crippen molar-refractivity contribution in [1.82, 2.24) is 9.38 Å². The molecule has 0 fully saturated rings. The number of ether oxygens (including phenoxy) is 1. The van der Waals surface area contributed by atoms with Crippen molar-refractivity contribution in [3.05, 3.63) is 48.7 Å². The fraction of sp³-hybridized carbons (Fsp3) is 0.111. The van der Waals surface area contributed by atoms with Crippen LogP contribution >= 0.6 is 11.3 Å². The molecule has 2 aromatic heterocycles. The molecule has 0 atom stereocenters. The average Bonchev–Trinajstić information content (AvgIpc) is 3.12. The van der Waals surface area contributed by atoms with Gasteiger partial charge in [-0.25, -0.2) is 4.98 Å². The van der Waals surface area contributed by atoms with E-state index in [4.69, 9.17) is 9.72 Å². The molecule has 2 heterocycles. The lowest BCUT2D eigenvalue weighted by Crippen LogP contribution is -2.05. The van der Waals surface area contributed by atoms with Gasteiger partial charge in [0.25, 0.3) is 0 Å². The fourth-order valence-electron chi connectivity index (χ4n) is 2.67. The summed E-state index contributed by atoms with van der Waals surface area (Å²) in [5, 5.41) is 2.77. The Balaban J connectivity index is 1.75. The number of carbonyl (C=O) groups is 1. The van der Waals surface area contributed by atoms with Crippen LogP contribution in [0.3, 0.4) is 0 Å². The monoisotopic (exact) mass is 337 g/mol. The number of hydrogen-bond acceptors (Lipinski definition) is 4. The number of carbonyl (C=O) groups excluding carboxylic acids is 1. The van der Waals surface area contributed by atoms with E-state index < -0.39 is 0 Å². The Hall–Kier alpha value is -2.86. The van der Waals surface area contributed by atoms with Gasteiger partial charge < -0.3 is 10.1 Å². The zero-order valence-electron chi connectivity index (χ0n) is 13.2. The molecule has 0 radical (unpaired) electrons. The van der Waals surface area contributed by atoms with Crippen molar-refractivity contribution in [1.29, 1.82) is 0 Å². The average molecular weight is 337 g/mol. The second kappa shape index (κ2) is 5.65. The molecule has 6 heteroatoms. The van der Waals surface area contributed by atoms with Gasteiger partial charge in [0.05, 0.1) is 23.0 Å². The Morgan fingerprint density at radius 2 is 2.00 bits per heavy atom. The van der Waals surface area contributed by atoms with E-state index in [0.717, 1.165) is 33.2 Å². The Morgan fingerprint density at radius 1 is 1.21 bits per heavy atom. The molecule has 120 valence electrons. The van der Waals surface area contributed by atoms with Crippen LogP contribution in [0.5, 0.6) is 5.75 Å². The van der Waals surface area contributed by atoms with Gasteiger partial charge >= 0.3 is 0 Å². The largest absolute Gasteiger partial charge is 0.497 e. The maximum atomic E-state index is 11.1. The molecule has 24 heavy (non-hydrogen) atoms. The highest BCUT2D eigenvalue weighted by molar-refractivity contribution is 7.23. The maximum absolute atomic E-state index is 11.1. The second-order valence-electron chi connectivity index (χ2n) is 5.47. The lowest BCUT2D eigenvalue weighted by atomic mass is 10.1. The molecule has 1 amide bonds. The highest BCUT2D eigenvalue weighted by atomic mass is 32.1. The van der Waals surface area contributed by atoms with Gasteiger partial charge in [0.15, 0.2) is 4.96 Å². The predicted octanol–water partition coefficient (Wildman–Crippen LogP) is 4.18. The maximum Gasteiger partial charge on any atom is 0.221 e. The van der Waals surface area contributed by atoms with E-state index in [0.29, 0.717) is 0 Å². The second-order valence-corrected chi connectivity index (χ2v) is 6.48. The van der Waals surface area contributed by atoms with Crippen molar-refractivity contribution < 1.29 is 9.53 Å². The normalized spacial score (nSPS) is 11.1. The molecule has 0 spiro atoms. The summed E-state index contributed by atoms with van der Waals surface area (Å²) < 4.78 is 8.57. The minimum Gasteiger partial charge on any atom is -0.497 e. The number of aromatic nitrogens is 2. The first kappa shape index (κ1) is 14.7. The summed E-state index contributed by atoms with van der Waals surface area (Å²) in [5.74, 6) is 0.753. The minimum absolute atomic E-state index is 0.0781. The number of thiazole rings is 1. The van der Waals surface area contributed by atoms with E-state index in [1.807, 2.05) is 42.6 Å². The molecule has 1 N–H and O–H groups in total. The summed E-state index contributed by atoms with van der Waals surface area (Å²) in [4.78, 5) is 16.8. The van der Waals surface area contributed by atoms with Crippen LogP contribution in [-0.4, -0.2) is 22.4 Å². The van der Waals surface area contributed by atoms with Crippen LogP contribution < -0.4 is 10.1 Å². The lowest BCUT2D eigenvalue weighted by Gasteiger charge is -2.02. The molecule has 0 unspecified atom stereocenters. The molecule has 0 aliphatic heterocycles. The van der Waals surface area contributed by atoms with Crippen molar-refractivity contribution >= 4 is 38.1 Å². The topological polar surface area (TPSA) is 55.6 Å². The Kier molecular flexibility index (Phi) is 3.46. The minimum atomic E-state index is -0.0781.